The minimum Gasteiger partial charge on any atom is -0.378 e. The number of hydrogen-bond donors (Lipinski definition) is 0. The summed E-state index contributed by atoms with van der Waals surface area (Å²) in [6, 6.07) is 3.99. The minimum atomic E-state index is -0.289. The zero-order chi connectivity index (χ0) is 18.5. The highest BCUT2D eigenvalue weighted by Crippen LogP contribution is 2.46. The van der Waals surface area contributed by atoms with Crippen molar-refractivity contribution in [3.63, 3.8) is 0 Å². The average molecular weight is 378 g/mol. The number of ether oxygens (including phenoxy) is 1. The lowest BCUT2D eigenvalue weighted by molar-refractivity contribution is -0.131. The summed E-state index contributed by atoms with van der Waals surface area (Å²) in [6.07, 6.45) is 3.87. The fraction of sp³-hybridized carbons (Fsp3) is 0.632. The molecular weight excluding hydrogens is 350 g/mol. The highest BCUT2D eigenvalue weighted by molar-refractivity contribution is 8.01. The molecule has 3 heterocycles. The zero-order valence-corrected chi connectivity index (χ0v) is 16.3. The van der Waals surface area contributed by atoms with Crippen molar-refractivity contribution in [1.82, 2.24) is 9.88 Å². The molecule has 1 aromatic rings. The van der Waals surface area contributed by atoms with Gasteiger partial charge in [-0.2, -0.15) is 0 Å². The SMILES string of the molecule is CC(C)CCN1C(=O)C(CC=O)SC1c1cccnc1N1CCOCC1. The molecule has 0 aliphatic carbocycles. The number of carbonyl (C=O) groups is 2. The van der Waals surface area contributed by atoms with Gasteiger partial charge in [-0.3, -0.25) is 4.79 Å². The molecule has 1 amide bonds. The number of aromatic nitrogens is 1. The largest absolute Gasteiger partial charge is 0.378 e. The number of morpholine rings is 1. The predicted molar refractivity (Wildman–Crippen MR) is 103 cm³/mol. The quantitative estimate of drug-likeness (QED) is 0.681. The molecule has 0 saturated carbocycles. The van der Waals surface area contributed by atoms with E-state index in [2.05, 4.69) is 29.8 Å². The van der Waals surface area contributed by atoms with E-state index in [0.29, 0.717) is 25.7 Å². The number of amides is 1. The summed E-state index contributed by atoms with van der Waals surface area (Å²) in [4.78, 5) is 32.7. The molecule has 0 radical (unpaired) electrons. The standard InChI is InChI=1S/C19H27N3O3S/c1-14(2)5-8-22-18(24)16(6-11-23)26-19(22)15-4-3-7-20-17(15)21-9-12-25-13-10-21/h3-4,7,11,14,16,19H,5-6,8-10,12-13H2,1-2H3. The van der Waals surface area contributed by atoms with Crippen molar-refractivity contribution in [1.29, 1.82) is 0 Å². The number of pyridine rings is 1. The van der Waals surface area contributed by atoms with Crippen LogP contribution in [-0.4, -0.2) is 60.2 Å². The van der Waals surface area contributed by atoms with E-state index in [0.717, 1.165) is 37.2 Å². The number of thioether (sulfide) groups is 1. The zero-order valence-electron chi connectivity index (χ0n) is 15.5. The Kier molecular flexibility index (Phi) is 6.53. The van der Waals surface area contributed by atoms with E-state index in [9.17, 15) is 9.59 Å². The topological polar surface area (TPSA) is 62.7 Å². The Labute approximate surface area is 159 Å². The van der Waals surface area contributed by atoms with E-state index in [-0.39, 0.29) is 23.0 Å². The third-order valence-corrected chi connectivity index (χ3v) is 6.27. The summed E-state index contributed by atoms with van der Waals surface area (Å²) >= 11 is 1.58. The van der Waals surface area contributed by atoms with Gasteiger partial charge in [0.25, 0.3) is 0 Å². The second-order valence-corrected chi connectivity index (χ2v) is 8.40. The molecule has 2 aliphatic heterocycles. The molecule has 0 bridgehead atoms. The molecule has 0 spiro atoms. The molecule has 0 aromatic carbocycles. The molecule has 2 saturated heterocycles. The first-order chi connectivity index (χ1) is 12.6. The molecule has 2 aliphatic rings. The van der Waals surface area contributed by atoms with Crippen LogP contribution in [-0.2, 0) is 14.3 Å². The summed E-state index contributed by atoms with van der Waals surface area (Å²) in [5.74, 6) is 1.53. The van der Waals surface area contributed by atoms with E-state index in [1.54, 1.807) is 18.0 Å². The predicted octanol–water partition coefficient (Wildman–Crippen LogP) is 2.50. The van der Waals surface area contributed by atoms with Crippen molar-refractivity contribution in [2.24, 2.45) is 5.92 Å². The Hall–Kier alpha value is -1.60. The van der Waals surface area contributed by atoms with Crippen LogP contribution in [0, 0.1) is 5.92 Å². The van der Waals surface area contributed by atoms with Crippen LogP contribution < -0.4 is 4.90 Å². The summed E-state index contributed by atoms with van der Waals surface area (Å²) in [5.41, 5.74) is 1.06. The first-order valence-corrected chi connectivity index (χ1v) is 10.2. The molecule has 2 fully saturated rings. The van der Waals surface area contributed by atoms with Gasteiger partial charge >= 0.3 is 0 Å². The van der Waals surface area contributed by atoms with Crippen molar-refractivity contribution >= 4 is 29.8 Å². The second-order valence-electron chi connectivity index (χ2n) is 7.11. The lowest BCUT2D eigenvalue weighted by Crippen LogP contribution is -2.38. The van der Waals surface area contributed by atoms with Gasteiger partial charge in [-0.25, -0.2) is 4.98 Å². The number of rotatable bonds is 7. The molecule has 2 unspecified atom stereocenters. The van der Waals surface area contributed by atoms with Gasteiger partial charge in [-0.1, -0.05) is 19.9 Å². The van der Waals surface area contributed by atoms with E-state index < -0.39 is 0 Å². The van der Waals surface area contributed by atoms with Crippen LogP contribution in [0.2, 0.25) is 0 Å². The van der Waals surface area contributed by atoms with Crippen LogP contribution in [0.25, 0.3) is 0 Å². The summed E-state index contributed by atoms with van der Waals surface area (Å²) in [6.45, 7) is 8.03. The molecule has 0 N–H and O–H groups in total. The van der Waals surface area contributed by atoms with E-state index in [1.807, 2.05) is 11.0 Å². The van der Waals surface area contributed by atoms with Gasteiger partial charge in [0.05, 0.1) is 18.5 Å². The minimum absolute atomic E-state index is 0.0736. The van der Waals surface area contributed by atoms with Gasteiger partial charge in [0, 0.05) is 37.8 Å². The average Bonchev–Trinajstić information content (AvgIpc) is 2.97. The monoisotopic (exact) mass is 377 g/mol. The van der Waals surface area contributed by atoms with Gasteiger partial charge in [-0.15, -0.1) is 11.8 Å². The Bertz CT molecular complexity index is 634. The first-order valence-electron chi connectivity index (χ1n) is 9.29. The normalized spacial score (nSPS) is 23.7. The van der Waals surface area contributed by atoms with Crippen LogP contribution >= 0.6 is 11.8 Å². The highest BCUT2D eigenvalue weighted by Gasteiger charge is 2.42. The molecule has 1 aromatic heterocycles. The van der Waals surface area contributed by atoms with Gasteiger partial charge in [-0.05, 0) is 18.4 Å². The van der Waals surface area contributed by atoms with Gasteiger partial charge < -0.3 is 19.3 Å². The van der Waals surface area contributed by atoms with Crippen LogP contribution in [0.5, 0.6) is 0 Å². The van der Waals surface area contributed by atoms with Crippen molar-refractivity contribution in [3.05, 3.63) is 23.9 Å². The van der Waals surface area contributed by atoms with Crippen molar-refractivity contribution in [2.45, 2.75) is 37.3 Å². The summed E-state index contributed by atoms with van der Waals surface area (Å²) in [7, 11) is 0. The maximum atomic E-state index is 12.9. The van der Waals surface area contributed by atoms with Crippen LogP contribution in [0.4, 0.5) is 5.82 Å². The lowest BCUT2D eigenvalue weighted by Gasteiger charge is -2.32. The van der Waals surface area contributed by atoms with Gasteiger partial charge in [0.2, 0.25) is 5.91 Å². The number of carbonyl (C=O) groups excluding carboxylic acids is 2. The molecular formula is C19H27N3O3S. The van der Waals surface area contributed by atoms with Gasteiger partial charge in [0.1, 0.15) is 17.5 Å². The van der Waals surface area contributed by atoms with Crippen molar-refractivity contribution in [2.75, 3.05) is 37.7 Å². The summed E-state index contributed by atoms with van der Waals surface area (Å²) < 4.78 is 5.46. The summed E-state index contributed by atoms with van der Waals surface area (Å²) in [5, 5.41) is -0.375. The van der Waals surface area contributed by atoms with E-state index in [1.165, 1.54) is 0 Å². The van der Waals surface area contributed by atoms with E-state index in [4.69, 9.17) is 4.74 Å². The molecule has 3 rings (SSSR count). The van der Waals surface area contributed by atoms with Crippen LogP contribution in [0.3, 0.4) is 0 Å². The third kappa shape index (κ3) is 4.20. The third-order valence-electron chi connectivity index (χ3n) is 4.79. The number of aldehydes is 1. The van der Waals surface area contributed by atoms with Crippen molar-refractivity contribution < 1.29 is 14.3 Å². The Morgan fingerprint density at radius 1 is 1.38 bits per heavy atom. The first kappa shape index (κ1) is 19.2. The van der Waals surface area contributed by atoms with Crippen LogP contribution in [0.1, 0.15) is 37.6 Å². The molecule has 7 heteroatoms. The smallest absolute Gasteiger partial charge is 0.237 e. The molecule has 142 valence electrons. The highest BCUT2D eigenvalue weighted by atomic mass is 32.2. The second kappa shape index (κ2) is 8.86. The maximum absolute atomic E-state index is 12.9. The number of hydrogen-bond acceptors (Lipinski definition) is 6. The fourth-order valence-electron chi connectivity index (χ4n) is 3.34. The van der Waals surface area contributed by atoms with Crippen molar-refractivity contribution in [3.8, 4) is 0 Å². The van der Waals surface area contributed by atoms with E-state index >= 15 is 0 Å². The molecule has 6 nitrogen and oxygen atoms in total. The molecule has 26 heavy (non-hydrogen) atoms. The fourth-order valence-corrected chi connectivity index (χ4v) is 4.78. The molecule has 2 atom stereocenters. The number of anilines is 1. The maximum Gasteiger partial charge on any atom is 0.237 e. The number of nitrogens with zero attached hydrogens (tertiary/aromatic N) is 3. The lowest BCUT2D eigenvalue weighted by atomic mass is 10.1. The Morgan fingerprint density at radius 3 is 2.85 bits per heavy atom. The van der Waals surface area contributed by atoms with Gasteiger partial charge in [0.15, 0.2) is 0 Å². The Balaban J connectivity index is 1.89. The Morgan fingerprint density at radius 2 is 2.15 bits per heavy atom. The van der Waals surface area contributed by atoms with Crippen LogP contribution in [0.15, 0.2) is 18.3 Å².